The molecule has 1 aromatic carbocycles. The molecule has 0 aliphatic carbocycles. The molecule has 6 nitrogen and oxygen atoms in total. The van der Waals surface area contributed by atoms with Crippen LogP contribution in [0.5, 0.6) is 0 Å². The van der Waals surface area contributed by atoms with Gasteiger partial charge in [0.15, 0.2) is 0 Å². The summed E-state index contributed by atoms with van der Waals surface area (Å²) in [6.45, 7) is 3.75. The van der Waals surface area contributed by atoms with Gasteiger partial charge in [-0.1, -0.05) is 13.8 Å². The van der Waals surface area contributed by atoms with Gasteiger partial charge in [0.25, 0.3) is 5.56 Å². The summed E-state index contributed by atoms with van der Waals surface area (Å²) in [5, 5.41) is 10.3. The molecule has 0 aliphatic heterocycles. The smallest absolute Gasteiger partial charge is 0.292 e. The fraction of sp³-hybridized carbons (Fsp3) is 0.368. The van der Waals surface area contributed by atoms with Crippen LogP contribution in [0.2, 0.25) is 0 Å². The summed E-state index contributed by atoms with van der Waals surface area (Å²) in [4.78, 5) is 24.9. The first kappa shape index (κ1) is 20.8. The highest BCUT2D eigenvalue weighted by Crippen LogP contribution is 2.37. The maximum atomic E-state index is 13.1. The Bertz CT molecular complexity index is 1240. The van der Waals surface area contributed by atoms with E-state index in [1.54, 1.807) is 6.07 Å². The minimum Gasteiger partial charge on any atom is -0.292 e. The predicted octanol–water partition coefficient (Wildman–Crippen LogP) is 3.75. The number of hydrogen-bond acceptors (Lipinski definition) is 5. The molecule has 0 fully saturated rings. The average Bonchev–Trinajstić information content (AvgIpc) is 3.10. The Morgan fingerprint density at radius 1 is 1.17 bits per heavy atom. The topological polar surface area (TPSA) is 80.7 Å². The zero-order chi connectivity index (χ0) is 21.6. The van der Waals surface area contributed by atoms with Gasteiger partial charge in [0.2, 0.25) is 0 Å². The van der Waals surface area contributed by atoms with E-state index in [1.165, 1.54) is 23.7 Å². The van der Waals surface area contributed by atoms with Crippen molar-refractivity contribution < 1.29 is 13.2 Å². The lowest BCUT2D eigenvalue weighted by molar-refractivity contribution is -0.144. The van der Waals surface area contributed by atoms with E-state index in [4.69, 9.17) is 0 Å². The van der Waals surface area contributed by atoms with Gasteiger partial charge in [0, 0.05) is 18.5 Å². The second-order valence-corrected chi connectivity index (χ2v) is 7.46. The summed E-state index contributed by atoms with van der Waals surface area (Å²) in [7, 11) is 0.964. The fourth-order valence-electron chi connectivity index (χ4n) is 3.34. The van der Waals surface area contributed by atoms with Crippen molar-refractivity contribution in [1.29, 1.82) is 5.26 Å². The third-order valence-corrected chi connectivity index (χ3v) is 6.02. The van der Waals surface area contributed by atoms with Gasteiger partial charge in [-0.25, -0.2) is 9.36 Å². The molecule has 10 heteroatoms. The van der Waals surface area contributed by atoms with Crippen molar-refractivity contribution in [3.05, 3.63) is 56.5 Å². The van der Waals surface area contributed by atoms with Gasteiger partial charge >= 0.3 is 11.9 Å². The number of nitriles is 1. The van der Waals surface area contributed by atoms with Gasteiger partial charge in [0.05, 0.1) is 22.2 Å². The second-order valence-electron chi connectivity index (χ2n) is 6.66. The quantitative estimate of drug-likeness (QED) is 0.641. The molecule has 0 aliphatic rings. The summed E-state index contributed by atoms with van der Waals surface area (Å²) >= 11 is 1.19. The van der Waals surface area contributed by atoms with E-state index in [2.05, 4.69) is 10.4 Å². The molecule has 152 valence electrons. The molecule has 0 bridgehead atoms. The Hall–Kier alpha value is -2.93. The average molecular weight is 422 g/mol. The van der Waals surface area contributed by atoms with Crippen molar-refractivity contribution in [2.24, 2.45) is 7.05 Å². The lowest BCUT2D eigenvalue weighted by atomic mass is 9.79. The molecule has 0 amide bonds. The highest BCUT2D eigenvalue weighted by atomic mass is 32.1. The highest BCUT2D eigenvalue weighted by Gasteiger charge is 2.35. The molecule has 2 heterocycles. The van der Waals surface area contributed by atoms with Crippen LogP contribution in [-0.4, -0.2) is 13.5 Å². The summed E-state index contributed by atoms with van der Waals surface area (Å²) in [6, 6.07) is 7.36. The first-order valence-electron chi connectivity index (χ1n) is 8.81. The van der Waals surface area contributed by atoms with E-state index in [0.29, 0.717) is 39.1 Å². The first-order chi connectivity index (χ1) is 13.6. The Kier molecular flexibility index (Phi) is 5.13. The third-order valence-electron chi connectivity index (χ3n) is 5.20. The van der Waals surface area contributed by atoms with E-state index >= 15 is 0 Å². The van der Waals surface area contributed by atoms with E-state index in [0.717, 1.165) is 11.7 Å². The van der Waals surface area contributed by atoms with Crippen LogP contribution >= 0.6 is 11.5 Å². The number of benzene rings is 1. The number of halogens is 3. The lowest BCUT2D eigenvalue weighted by Crippen LogP contribution is -2.40. The standard InChI is InChI=1S/C19H17F3N4O2S/c1-4-18(5-2,10-23)16-12-8-11(6-7-13(12)29-24-16)26-15(27)9-14(19(20,21)22)25(3)17(26)28/h6-9H,4-5H2,1-3H3. The van der Waals surface area contributed by atoms with E-state index in [1.807, 2.05) is 13.8 Å². The summed E-state index contributed by atoms with van der Waals surface area (Å²) in [5.74, 6) is 0. The van der Waals surface area contributed by atoms with Crippen molar-refractivity contribution in [3.8, 4) is 11.8 Å². The number of rotatable bonds is 4. The molecule has 3 aromatic rings. The second kappa shape index (κ2) is 7.15. The zero-order valence-electron chi connectivity index (χ0n) is 15.9. The Balaban J connectivity index is 2.30. The van der Waals surface area contributed by atoms with Gasteiger partial charge in [-0.05, 0) is 42.6 Å². The molecule has 0 atom stereocenters. The molecule has 0 radical (unpaired) electrons. The van der Waals surface area contributed by atoms with Crippen LogP contribution in [-0.2, 0) is 18.6 Å². The van der Waals surface area contributed by atoms with Crippen LogP contribution in [0.3, 0.4) is 0 Å². The van der Waals surface area contributed by atoms with Crippen molar-refractivity contribution >= 4 is 21.6 Å². The minimum atomic E-state index is -4.82. The molecule has 0 N–H and O–H groups in total. The molecule has 0 saturated heterocycles. The van der Waals surface area contributed by atoms with Gasteiger partial charge in [-0.15, -0.1) is 0 Å². The zero-order valence-corrected chi connectivity index (χ0v) is 16.7. The fourth-order valence-corrected chi connectivity index (χ4v) is 4.19. The van der Waals surface area contributed by atoms with Crippen LogP contribution in [0.4, 0.5) is 13.2 Å². The maximum absolute atomic E-state index is 13.1. The van der Waals surface area contributed by atoms with Crippen LogP contribution < -0.4 is 11.2 Å². The van der Waals surface area contributed by atoms with Crippen LogP contribution in [0, 0.1) is 11.3 Å². The summed E-state index contributed by atoms with van der Waals surface area (Å²) < 4.78 is 45.5. The Morgan fingerprint density at radius 3 is 2.38 bits per heavy atom. The summed E-state index contributed by atoms with van der Waals surface area (Å²) in [6.07, 6.45) is -3.79. The molecule has 2 aromatic heterocycles. The SMILES string of the molecule is CCC(C#N)(CC)c1nsc2ccc(-n3c(=O)cc(C(F)(F)F)n(C)c3=O)cc12. The molecule has 0 spiro atoms. The monoisotopic (exact) mass is 422 g/mol. The Morgan fingerprint density at radius 2 is 1.83 bits per heavy atom. The number of hydrogen-bond donors (Lipinski definition) is 0. The van der Waals surface area contributed by atoms with Gasteiger partial charge in [0.1, 0.15) is 11.1 Å². The van der Waals surface area contributed by atoms with Crippen molar-refractivity contribution in [2.45, 2.75) is 38.3 Å². The summed E-state index contributed by atoms with van der Waals surface area (Å²) in [5.41, 5.74) is -3.66. The lowest BCUT2D eigenvalue weighted by Gasteiger charge is -2.21. The van der Waals surface area contributed by atoms with Gasteiger partial charge in [-0.3, -0.25) is 9.36 Å². The Labute approximate surface area is 167 Å². The molecule has 0 unspecified atom stereocenters. The van der Waals surface area contributed by atoms with Gasteiger partial charge in [-0.2, -0.15) is 22.8 Å². The molecule has 29 heavy (non-hydrogen) atoms. The molecular weight excluding hydrogens is 405 g/mol. The van der Waals surface area contributed by atoms with Gasteiger partial charge < -0.3 is 0 Å². The highest BCUT2D eigenvalue weighted by molar-refractivity contribution is 7.13. The third kappa shape index (κ3) is 3.25. The number of fused-ring (bicyclic) bond motifs is 1. The van der Waals surface area contributed by atoms with Crippen molar-refractivity contribution in [3.63, 3.8) is 0 Å². The largest absolute Gasteiger partial charge is 0.431 e. The van der Waals surface area contributed by atoms with E-state index in [-0.39, 0.29) is 5.69 Å². The molecular formula is C19H17F3N4O2S. The van der Waals surface area contributed by atoms with Crippen LogP contribution in [0.15, 0.2) is 33.9 Å². The van der Waals surface area contributed by atoms with Crippen LogP contribution in [0.25, 0.3) is 15.8 Å². The first-order valence-corrected chi connectivity index (χ1v) is 9.58. The number of nitrogens with zero attached hydrogens (tertiary/aromatic N) is 4. The molecule has 3 rings (SSSR count). The van der Waals surface area contributed by atoms with E-state index in [9.17, 15) is 28.0 Å². The number of alkyl halides is 3. The minimum absolute atomic E-state index is 0.123. The maximum Gasteiger partial charge on any atom is 0.431 e. The predicted molar refractivity (Wildman–Crippen MR) is 103 cm³/mol. The normalized spacial score (nSPS) is 12.3. The number of aromatic nitrogens is 3. The van der Waals surface area contributed by atoms with Crippen LogP contribution in [0.1, 0.15) is 38.1 Å². The van der Waals surface area contributed by atoms with Crippen molar-refractivity contribution in [1.82, 2.24) is 13.5 Å². The molecule has 0 saturated carbocycles. The van der Waals surface area contributed by atoms with E-state index < -0.39 is 28.5 Å². The van der Waals surface area contributed by atoms with Crippen molar-refractivity contribution in [2.75, 3.05) is 0 Å².